The fraction of sp³-hybridized carbons (Fsp3) is 0.520. The summed E-state index contributed by atoms with van der Waals surface area (Å²) in [5.74, 6) is 1.07. The van der Waals surface area contributed by atoms with Crippen LogP contribution < -0.4 is 0 Å². The third kappa shape index (κ3) is 6.50. The number of hydrogen-bond donors (Lipinski definition) is 0. The van der Waals surface area contributed by atoms with Gasteiger partial charge in [0, 0.05) is 10.6 Å². The van der Waals surface area contributed by atoms with E-state index in [-0.39, 0.29) is 0 Å². The van der Waals surface area contributed by atoms with Gasteiger partial charge in [-0.05, 0) is 66.8 Å². The van der Waals surface area contributed by atoms with E-state index in [0.29, 0.717) is 0 Å². The Morgan fingerprint density at radius 1 is 0.654 bits per heavy atom. The first kappa shape index (κ1) is 21.1. The van der Waals surface area contributed by atoms with E-state index in [0.717, 1.165) is 5.75 Å². The van der Waals surface area contributed by atoms with Gasteiger partial charge in [0.05, 0.1) is 0 Å². The molecule has 2 rings (SSSR count). The molecule has 0 amide bonds. The smallest absolute Gasteiger partial charge is 0.0232 e. The zero-order valence-corrected chi connectivity index (χ0v) is 17.8. The maximum atomic E-state index is 2.43. The molecular weight excluding hydrogens is 332 g/mol. The third-order valence-electron chi connectivity index (χ3n) is 5.08. The molecule has 0 aliphatic heterocycles. The summed E-state index contributed by atoms with van der Waals surface area (Å²) in [5.41, 5.74) is 6.39. The average Bonchev–Trinajstić information content (AvgIpc) is 2.69. The highest BCUT2D eigenvalue weighted by Gasteiger charge is 2.13. The molecule has 1 heteroatoms. The summed E-state index contributed by atoms with van der Waals surface area (Å²) < 4.78 is 0. The van der Waals surface area contributed by atoms with E-state index in [9.17, 15) is 0 Å². The molecule has 26 heavy (non-hydrogen) atoms. The Kier molecular flexibility index (Phi) is 9.92. The highest BCUT2D eigenvalue weighted by atomic mass is 32.2. The van der Waals surface area contributed by atoms with E-state index < -0.39 is 0 Å². The molecule has 0 heterocycles. The topological polar surface area (TPSA) is 0 Å². The largest absolute Gasteiger partial charge is 0.121 e. The van der Waals surface area contributed by atoms with Crippen molar-refractivity contribution in [3.63, 3.8) is 0 Å². The maximum absolute atomic E-state index is 2.43. The van der Waals surface area contributed by atoms with Gasteiger partial charge in [-0.3, -0.25) is 0 Å². The second-order valence-electron chi connectivity index (χ2n) is 7.26. The standard InChI is InChI=1S/C25H36S/c1-4-7-15-22-18-19-25(26-20-21-13-11-10-12-14-21)24(17-9-6-3)23(22)16-8-5-2/h10-14,18-19H,4-9,15-17,20H2,1-3H3. The SMILES string of the molecule is CCCCc1ccc(SCc2ccccc2)c(CCCC)c1CCCC. The molecule has 0 bridgehead atoms. The van der Waals surface area contributed by atoms with Gasteiger partial charge in [-0.2, -0.15) is 0 Å². The number of aryl methyl sites for hydroxylation is 1. The van der Waals surface area contributed by atoms with E-state index in [1.54, 1.807) is 16.7 Å². The van der Waals surface area contributed by atoms with Crippen molar-refractivity contribution < 1.29 is 0 Å². The molecule has 0 saturated heterocycles. The predicted molar refractivity (Wildman–Crippen MR) is 118 cm³/mol. The summed E-state index contributed by atoms with van der Waals surface area (Å²) in [5, 5.41) is 0. The molecule has 0 aliphatic rings. The predicted octanol–water partition coefficient (Wildman–Crippen LogP) is 8.01. The summed E-state index contributed by atoms with van der Waals surface area (Å²) >= 11 is 2.03. The van der Waals surface area contributed by atoms with Crippen LogP contribution in [-0.4, -0.2) is 0 Å². The second kappa shape index (κ2) is 12.2. The van der Waals surface area contributed by atoms with Crippen LogP contribution in [0.1, 0.15) is 81.5 Å². The van der Waals surface area contributed by atoms with Crippen LogP contribution in [0.2, 0.25) is 0 Å². The lowest BCUT2D eigenvalue weighted by molar-refractivity contribution is 0.727. The Hall–Kier alpha value is -1.21. The van der Waals surface area contributed by atoms with E-state index in [4.69, 9.17) is 0 Å². The molecule has 0 spiro atoms. The van der Waals surface area contributed by atoms with Crippen molar-refractivity contribution >= 4 is 11.8 Å². The number of hydrogen-bond acceptors (Lipinski definition) is 1. The van der Waals surface area contributed by atoms with Gasteiger partial charge in [0.1, 0.15) is 0 Å². The van der Waals surface area contributed by atoms with Gasteiger partial charge in [0.2, 0.25) is 0 Å². The molecule has 0 fully saturated rings. The number of benzene rings is 2. The molecule has 2 aromatic carbocycles. The molecule has 0 saturated carbocycles. The van der Waals surface area contributed by atoms with Gasteiger partial charge in [-0.15, -0.1) is 11.8 Å². The van der Waals surface area contributed by atoms with Crippen LogP contribution in [0.25, 0.3) is 0 Å². The monoisotopic (exact) mass is 368 g/mol. The van der Waals surface area contributed by atoms with Gasteiger partial charge < -0.3 is 0 Å². The lowest BCUT2D eigenvalue weighted by Crippen LogP contribution is -2.04. The van der Waals surface area contributed by atoms with Crippen LogP contribution in [0.15, 0.2) is 47.4 Å². The van der Waals surface area contributed by atoms with Crippen molar-refractivity contribution in [3.8, 4) is 0 Å². The Balaban J connectivity index is 2.28. The van der Waals surface area contributed by atoms with E-state index in [2.05, 4.69) is 63.2 Å². The molecule has 0 atom stereocenters. The van der Waals surface area contributed by atoms with Crippen LogP contribution in [0.3, 0.4) is 0 Å². The average molecular weight is 369 g/mol. The zero-order valence-electron chi connectivity index (χ0n) is 17.0. The van der Waals surface area contributed by atoms with Gasteiger partial charge in [0.25, 0.3) is 0 Å². The zero-order chi connectivity index (χ0) is 18.6. The number of rotatable bonds is 12. The Morgan fingerprint density at radius 3 is 1.92 bits per heavy atom. The molecular formula is C25H36S. The van der Waals surface area contributed by atoms with Crippen LogP contribution in [0.4, 0.5) is 0 Å². The van der Waals surface area contributed by atoms with Gasteiger partial charge in [-0.25, -0.2) is 0 Å². The first-order valence-electron chi connectivity index (χ1n) is 10.6. The highest BCUT2D eigenvalue weighted by molar-refractivity contribution is 7.98. The van der Waals surface area contributed by atoms with Gasteiger partial charge in [-0.1, -0.05) is 76.4 Å². The lowest BCUT2D eigenvalue weighted by Gasteiger charge is -2.19. The van der Waals surface area contributed by atoms with Crippen molar-refractivity contribution in [2.75, 3.05) is 0 Å². The quantitative estimate of drug-likeness (QED) is 0.342. The maximum Gasteiger partial charge on any atom is 0.0232 e. The van der Waals surface area contributed by atoms with Crippen LogP contribution in [0.5, 0.6) is 0 Å². The molecule has 0 unspecified atom stereocenters. The minimum atomic E-state index is 1.07. The molecule has 0 radical (unpaired) electrons. The minimum Gasteiger partial charge on any atom is -0.121 e. The van der Waals surface area contributed by atoms with Gasteiger partial charge in [0.15, 0.2) is 0 Å². The van der Waals surface area contributed by atoms with Crippen molar-refractivity contribution in [1.29, 1.82) is 0 Å². The summed E-state index contributed by atoms with van der Waals surface area (Å²) in [7, 11) is 0. The Labute approximate surface area is 165 Å². The fourth-order valence-electron chi connectivity index (χ4n) is 3.48. The van der Waals surface area contributed by atoms with Crippen molar-refractivity contribution in [1.82, 2.24) is 0 Å². The molecule has 142 valence electrons. The fourth-order valence-corrected chi connectivity index (χ4v) is 4.56. The number of unbranched alkanes of at least 4 members (excludes halogenated alkanes) is 3. The Morgan fingerprint density at radius 2 is 1.27 bits per heavy atom. The lowest BCUT2D eigenvalue weighted by atomic mass is 9.91. The van der Waals surface area contributed by atoms with Gasteiger partial charge >= 0.3 is 0 Å². The van der Waals surface area contributed by atoms with Crippen molar-refractivity contribution in [2.45, 2.75) is 89.2 Å². The number of thioether (sulfide) groups is 1. The summed E-state index contributed by atoms with van der Waals surface area (Å²) in [6.45, 7) is 6.92. The first-order valence-corrected chi connectivity index (χ1v) is 11.6. The van der Waals surface area contributed by atoms with Crippen LogP contribution in [0, 0.1) is 0 Å². The summed E-state index contributed by atoms with van der Waals surface area (Å²) in [6, 6.07) is 15.7. The van der Waals surface area contributed by atoms with Crippen molar-refractivity contribution in [3.05, 3.63) is 64.7 Å². The minimum absolute atomic E-state index is 1.07. The van der Waals surface area contributed by atoms with Crippen LogP contribution >= 0.6 is 11.8 Å². The summed E-state index contributed by atoms with van der Waals surface area (Å²) in [6.07, 6.45) is 11.5. The van der Waals surface area contributed by atoms with E-state index in [1.807, 2.05) is 11.8 Å². The second-order valence-corrected chi connectivity index (χ2v) is 8.28. The molecule has 0 aliphatic carbocycles. The molecule has 0 nitrogen and oxygen atoms in total. The van der Waals surface area contributed by atoms with E-state index >= 15 is 0 Å². The molecule has 2 aromatic rings. The summed E-state index contributed by atoms with van der Waals surface area (Å²) in [4.78, 5) is 1.52. The molecule has 0 aromatic heterocycles. The molecule has 0 N–H and O–H groups in total. The van der Waals surface area contributed by atoms with Crippen LogP contribution in [-0.2, 0) is 25.0 Å². The highest BCUT2D eigenvalue weighted by Crippen LogP contribution is 2.33. The third-order valence-corrected chi connectivity index (χ3v) is 6.25. The Bertz CT molecular complexity index is 630. The van der Waals surface area contributed by atoms with Crippen molar-refractivity contribution in [2.24, 2.45) is 0 Å². The first-order chi connectivity index (χ1) is 12.8. The normalized spacial score (nSPS) is 11.0. The van der Waals surface area contributed by atoms with E-state index in [1.165, 1.54) is 68.2 Å².